The predicted molar refractivity (Wildman–Crippen MR) is 100 cm³/mol. The molecule has 0 radical (unpaired) electrons. The minimum Gasteiger partial charge on any atom is -0.349 e. The summed E-state index contributed by atoms with van der Waals surface area (Å²) in [6.45, 7) is 0. The molecular weight excluding hydrogens is 370 g/mol. The van der Waals surface area contributed by atoms with Crippen molar-refractivity contribution in [3.63, 3.8) is 0 Å². The van der Waals surface area contributed by atoms with Gasteiger partial charge in [-0.15, -0.1) is 0 Å². The summed E-state index contributed by atoms with van der Waals surface area (Å²) in [7, 11) is -4.09. The largest absolute Gasteiger partial charge is 0.349 e. The Hall–Kier alpha value is -2.94. The maximum Gasteiger partial charge on any atom is 0.270 e. The smallest absolute Gasteiger partial charge is 0.270 e. The van der Waals surface area contributed by atoms with E-state index in [0.29, 0.717) is 0 Å². The summed E-state index contributed by atoms with van der Waals surface area (Å²) in [6.07, 6.45) is 3.94. The zero-order valence-corrected chi connectivity index (χ0v) is 15.2. The van der Waals surface area contributed by atoms with Gasteiger partial charge in [0.25, 0.3) is 21.6 Å². The Labute approximate surface area is 156 Å². The molecule has 0 aliphatic heterocycles. The number of carbonyl (C=O) groups is 1. The molecule has 0 saturated heterocycles. The highest BCUT2D eigenvalue weighted by Gasteiger charge is 2.23. The molecule has 0 aromatic heterocycles. The molecule has 27 heavy (non-hydrogen) atoms. The van der Waals surface area contributed by atoms with E-state index in [-0.39, 0.29) is 33.8 Å². The van der Waals surface area contributed by atoms with Gasteiger partial charge in [0.1, 0.15) is 0 Å². The second-order valence-corrected chi connectivity index (χ2v) is 8.04. The van der Waals surface area contributed by atoms with E-state index in [1.807, 2.05) is 0 Å². The topological polar surface area (TPSA) is 118 Å². The van der Waals surface area contributed by atoms with Crippen molar-refractivity contribution < 1.29 is 18.1 Å². The van der Waals surface area contributed by atoms with Crippen molar-refractivity contribution in [3.05, 3.63) is 64.2 Å². The molecule has 1 aliphatic carbocycles. The van der Waals surface area contributed by atoms with Crippen LogP contribution in [0.3, 0.4) is 0 Å². The fourth-order valence-corrected chi connectivity index (χ4v) is 4.19. The Morgan fingerprint density at radius 1 is 1.07 bits per heavy atom. The first-order chi connectivity index (χ1) is 12.9. The molecule has 0 unspecified atom stereocenters. The normalized spacial score (nSPS) is 14.7. The zero-order valence-electron chi connectivity index (χ0n) is 14.4. The van der Waals surface area contributed by atoms with Gasteiger partial charge >= 0.3 is 0 Å². The highest BCUT2D eigenvalue weighted by atomic mass is 32.2. The van der Waals surface area contributed by atoms with Crippen molar-refractivity contribution in [2.45, 2.75) is 36.6 Å². The number of amides is 1. The molecule has 9 heteroatoms. The monoisotopic (exact) mass is 389 g/mol. The maximum absolute atomic E-state index is 12.6. The van der Waals surface area contributed by atoms with E-state index in [9.17, 15) is 23.3 Å². The van der Waals surface area contributed by atoms with Crippen LogP contribution < -0.4 is 10.0 Å². The molecule has 2 N–H and O–H groups in total. The summed E-state index contributed by atoms with van der Waals surface area (Å²) < 4.78 is 27.6. The lowest BCUT2D eigenvalue weighted by Gasteiger charge is -2.15. The summed E-state index contributed by atoms with van der Waals surface area (Å²) in [5, 5.41) is 13.8. The number of hydrogen-bond donors (Lipinski definition) is 2. The van der Waals surface area contributed by atoms with Crippen LogP contribution in [0.2, 0.25) is 0 Å². The van der Waals surface area contributed by atoms with Gasteiger partial charge < -0.3 is 5.32 Å². The number of nitrogens with zero attached hydrogens (tertiary/aromatic N) is 1. The predicted octanol–water partition coefficient (Wildman–Crippen LogP) is 3.07. The Morgan fingerprint density at radius 3 is 2.48 bits per heavy atom. The van der Waals surface area contributed by atoms with Crippen LogP contribution in [0, 0.1) is 10.1 Å². The third-order valence-corrected chi connectivity index (χ3v) is 5.81. The molecule has 1 aliphatic rings. The molecule has 2 aromatic rings. The molecular formula is C18H19N3O5S. The second-order valence-electron chi connectivity index (χ2n) is 6.36. The van der Waals surface area contributed by atoms with Crippen LogP contribution in [0.4, 0.5) is 11.4 Å². The Balaban J connectivity index is 1.85. The number of benzene rings is 2. The second kappa shape index (κ2) is 7.75. The Bertz CT molecular complexity index is 968. The third kappa shape index (κ3) is 4.43. The first kappa shape index (κ1) is 18.8. The standard InChI is InChI=1S/C18H19N3O5S/c22-18(19-13-6-1-2-7-13)16-10-3-4-11-17(16)20-27(25,26)15-9-5-8-14(12-15)21(23)24/h3-5,8-13,20H,1-2,6-7H2,(H,19,22). The van der Waals surface area contributed by atoms with E-state index < -0.39 is 14.9 Å². The number of hydrogen-bond acceptors (Lipinski definition) is 5. The number of para-hydroxylation sites is 1. The van der Waals surface area contributed by atoms with Gasteiger partial charge in [-0.05, 0) is 31.0 Å². The fraction of sp³-hybridized carbons (Fsp3) is 0.278. The van der Waals surface area contributed by atoms with Crippen LogP contribution in [-0.4, -0.2) is 25.3 Å². The molecule has 1 saturated carbocycles. The number of non-ortho nitro benzene ring substituents is 1. The summed E-state index contributed by atoms with van der Waals surface area (Å²) >= 11 is 0. The number of nitrogens with one attached hydrogen (secondary N) is 2. The van der Waals surface area contributed by atoms with E-state index in [1.54, 1.807) is 12.1 Å². The van der Waals surface area contributed by atoms with Crippen molar-refractivity contribution in [2.24, 2.45) is 0 Å². The van der Waals surface area contributed by atoms with Crippen molar-refractivity contribution in [1.82, 2.24) is 5.32 Å². The van der Waals surface area contributed by atoms with Crippen LogP contribution in [0.1, 0.15) is 36.0 Å². The lowest BCUT2D eigenvalue weighted by atomic mass is 10.1. The Kier molecular flexibility index (Phi) is 5.41. The van der Waals surface area contributed by atoms with Crippen molar-refractivity contribution >= 4 is 27.3 Å². The van der Waals surface area contributed by atoms with E-state index in [1.165, 1.54) is 30.3 Å². The zero-order chi connectivity index (χ0) is 19.4. The quantitative estimate of drug-likeness (QED) is 0.581. The van der Waals surface area contributed by atoms with E-state index in [4.69, 9.17) is 0 Å². The van der Waals surface area contributed by atoms with Crippen molar-refractivity contribution in [2.75, 3.05) is 4.72 Å². The number of anilines is 1. The average molecular weight is 389 g/mol. The molecule has 0 spiro atoms. The molecule has 0 heterocycles. The van der Waals surface area contributed by atoms with Crippen molar-refractivity contribution in [3.8, 4) is 0 Å². The third-order valence-electron chi connectivity index (χ3n) is 4.45. The first-order valence-corrected chi connectivity index (χ1v) is 10.0. The van der Waals surface area contributed by atoms with Gasteiger partial charge in [-0.3, -0.25) is 19.6 Å². The van der Waals surface area contributed by atoms with Gasteiger partial charge in [-0.1, -0.05) is 31.0 Å². The number of sulfonamides is 1. The molecule has 8 nitrogen and oxygen atoms in total. The van der Waals surface area contributed by atoms with Gasteiger partial charge in [0, 0.05) is 18.2 Å². The molecule has 0 bridgehead atoms. The van der Waals surface area contributed by atoms with Crippen LogP contribution in [-0.2, 0) is 10.0 Å². The summed E-state index contributed by atoms with van der Waals surface area (Å²) in [5.74, 6) is -0.348. The van der Waals surface area contributed by atoms with E-state index in [2.05, 4.69) is 10.0 Å². The van der Waals surface area contributed by atoms with Gasteiger partial charge in [0.15, 0.2) is 0 Å². The summed E-state index contributed by atoms with van der Waals surface area (Å²) in [4.78, 5) is 22.5. The number of nitro benzene ring substituents is 1. The Morgan fingerprint density at radius 2 is 1.78 bits per heavy atom. The van der Waals surface area contributed by atoms with Gasteiger partial charge in [-0.25, -0.2) is 8.42 Å². The number of rotatable bonds is 6. The highest BCUT2D eigenvalue weighted by molar-refractivity contribution is 7.92. The van der Waals surface area contributed by atoms with Crippen LogP contribution in [0.15, 0.2) is 53.4 Å². The van der Waals surface area contributed by atoms with Gasteiger partial charge in [-0.2, -0.15) is 0 Å². The number of nitro groups is 1. The fourth-order valence-electron chi connectivity index (χ4n) is 3.07. The van der Waals surface area contributed by atoms with Gasteiger partial charge in [0.05, 0.1) is 21.1 Å². The van der Waals surface area contributed by atoms with E-state index in [0.717, 1.165) is 31.7 Å². The van der Waals surface area contributed by atoms with Crippen LogP contribution in [0.5, 0.6) is 0 Å². The highest BCUT2D eigenvalue weighted by Crippen LogP contribution is 2.24. The number of carbonyl (C=O) groups excluding carboxylic acids is 1. The van der Waals surface area contributed by atoms with Crippen LogP contribution in [0.25, 0.3) is 0 Å². The maximum atomic E-state index is 12.6. The molecule has 142 valence electrons. The molecule has 1 fully saturated rings. The minimum absolute atomic E-state index is 0.0962. The SMILES string of the molecule is O=C(NC1CCCC1)c1ccccc1NS(=O)(=O)c1cccc([N+](=O)[O-])c1. The summed E-state index contributed by atoms with van der Waals surface area (Å²) in [5.41, 5.74) is 0.00282. The molecule has 0 atom stereocenters. The lowest BCUT2D eigenvalue weighted by molar-refractivity contribution is -0.385. The summed E-state index contributed by atoms with van der Waals surface area (Å²) in [6, 6.07) is 11.1. The average Bonchev–Trinajstić information content (AvgIpc) is 3.15. The van der Waals surface area contributed by atoms with Crippen LogP contribution >= 0.6 is 0 Å². The minimum atomic E-state index is -4.09. The van der Waals surface area contributed by atoms with E-state index >= 15 is 0 Å². The first-order valence-electron chi connectivity index (χ1n) is 8.54. The van der Waals surface area contributed by atoms with Crippen molar-refractivity contribution in [1.29, 1.82) is 0 Å². The molecule has 1 amide bonds. The van der Waals surface area contributed by atoms with Gasteiger partial charge in [0.2, 0.25) is 0 Å². The lowest BCUT2D eigenvalue weighted by Crippen LogP contribution is -2.33. The molecule has 2 aromatic carbocycles. The molecule has 3 rings (SSSR count).